The van der Waals surface area contributed by atoms with Crippen molar-refractivity contribution in [2.24, 2.45) is 11.8 Å². The van der Waals surface area contributed by atoms with E-state index in [0.29, 0.717) is 32.1 Å². The summed E-state index contributed by atoms with van der Waals surface area (Å²) >= 11 is 0. The van der Waals surface area contributed by atoms with Crippen LogP contribution < -0.4 is 0 Å². The summed E-state index contributed by atoms with van der Waals surface area (Å²) in [6, 6.07) is 0. The van der Waals surface area contributed by atoms with Crippen molar-refractivity contribution >= 4 is 19.8 Å². The predicted molar refractivity (Wildman–Crippen MR) is 238 cm³/mol. The molecule has 0 saturated carbocycles. The Hall–Kier alpha value is -1.63. The van der Waals surface area contributed by atoms with Crippen molar-refractivity contribution in [1.82, 2.24) is 0 Å². The highest BCUT2D eigenvalue weighted by atomic mass is 31.2. The van der Waals surface area contributed by atoms with Crippen LogP contribution in [0.4, 0.5) is 0 Å². The summed E-state index contributed by atoms with van der Waals surface area (Å²) in [5.74, 6) is -0.553. The molecule has 1 aliphatic heterocycles. The number of aliphatic hydroxyl groups excluding tert-OH is 3. The summed E-state index contributed by atoms with van der Waals surface area (Å²) in [6.45, 7) is 5.73. The van der Waals surface area contributed by atoms with Crippen molar-refractivity contribution in [1.29, 1.82) is 0 Å². The van der Waals surface area contributed by atoms with Crippen LogP contribution in [0.1, 0.15) is 207 Å². The number of rotatable bonds is 39. The van der Waals surface area contributed by atoms with E-state index in [4.69, 9.17) is 24.0 Å². The van der Waals surface area contributed by atoms with Gasteiger partial charge in [0.15, 0.2) is 12.4 Å². The van der Waals surface area contributed by atoms with Crippen LogP contribution in [0.3, 0.4) is 0 Å². The number of allylic oxidation sites excluding steroid dienone is 2. The van der Waals surface area contributed by atoms with Gasteiger partial charge >= 0.3 is 19.8 Å². The molecular formula is C47H87O12P. The van der Waals surface area contributed by atoms with Crippen molar-refractivity contribution < 1.29 is 58.0 Å². The Balaban J connectivity index is 2.22. The molecule has 0 aromatic carbocycles. The van der Waals surface area contributed by atoms with Crippen LogP contribution in [0.5, 0.6) is 0 Å². The molecule has 12 nitrogen and oxygen atoms in total. The first-order chi connectivity index (χ1) is 28.8. The third-order valence-electron chi connectivity index (χ3n) is 11.2. The zero-order valence-electron chi connectivity index (χ0n) is 37.8. The number of esters is 2. The van der Waals surface area contributed by atoms with E-state index in [0.717, 1.165) is 44.4 Å². The van der Waals surface area contributed by atoms with E-state index in [2.05, 4.69) is 25.3 Å². The first-order valence-electron chi connectivity index (χ1n) is 23.9. The fourth-order valence-electron chi connectivity index (χ4n) is 7.54. The molecule has 6 atom stereocenters. The van der Waals surface area contributed by atoms with Gasteiger partial charge < -0.3 is 39.3 Å². The molecule has 0 aromatic heterocycles. The molecule has 0 bridgehead atoms. The molecule has 1 saturated heterocycles. The Bertz CT molecular complexity index is 1160. The van der Waals surface area contributed by atoms with Crippen molar-refractivity contribution in [3.63, 3.8) is 0 Å². The summed E-state index contributed by atoms with van der Waals surface area (Å²) in [5, 5.41) is 30.9. The van der Waals surface area contributed by atoms with Crippen LogP contribution in [0.15, 0.2) is 24.3 Å². The zero-order chi connectivity index (χ0) is 44.3. The third-order valence-corrected chi connectivity index (χ3v) is 11.7. The second-order valence-corrected chi connectivity index (χ2v) is 18.7. The molecule has 1 aliphatic rings. The van der Waals surface area contributed by atoms with E-state index in [1.807, 2.05) is 12.2 Å². The largest absolute Gasteiger partial charge is 0.469 e. The minimum absolute atomic E-state index is 0.0202. The van der Waals surface area contributed by atoms with E-state index in [1.165, 1.54) is 96.3 Å². The lowest BCUT2D eigenvalue weighted by Crippen LogP contribution is -2.43. The summed E-state index contributed by atoms with van der Waals surface area (Å²) < 4.78 is 32.1. The Morgan fingerprint density at radius 1 is 0.717 bits per heavy atom. The topological polar surface area (TPSA) is 189 Å². The molecule has 0 aromatic rings. The summed E-state index contributed by atoms with van der Waals surface area (Å²) in [5.41, 5.74) is 0. The first kappa shape index (κ1) is 56.4. The summed E-state index contributed by atoms with van der Waals surface area (Å²) in [4.78, 5) is 43.3. The van der Waals surface area contributed by atoms with Gasteiger partial charge in [0.25, 0.3) is 0 Å². The van der Waals surface area contributed by atoms with E-state index in [9.17, 15) is 29.5 Å². The number of carbonyl (C=O) groups is 2. The molecule has 13 heteroatoms. The monoisotopic (exact) mass is 875 g/mol. The van der Waals surface area contributed by atoms with Gasteiger partial charge in [-0.05, 0) is 38.0 Å². The SMILES string of the molecule is CCCCC[C@H](O)/C=C/[C@H]1OC(O)C[C@H](O)[C@@H]1C/C=C\CCCC(=O)O[C@H](COC(=O)CCCCCCCCCCCCCCCCCCCCC(C)C)COP(=O)(O)O. The van der Waals surface area contributed by atoms with Crippen LogP contribution in [0, 0.1) is 11.8 Å². The van der Waals surface area contributed by atoms with Gasteiger partial charge in [0.2, 0.25) is 0 Å². The third kappa shape index (κ3) is 33.9. The Kier molecular flexibility index (Phi) is 34.6. The molecule has 60 heavy (non-hydrogen) atoms. The second kappa shape index (κ2) is 36.8. The molecule has 1 rings (SSSR count). The highest BCUT2D eigenvalue weighted by Gasteiger charge is 2.35. The fraction of sp³-hybridized carbons (Fsp3) is 0.872. The quantitative estimate of drug-likeness (QED) is 0.0170. The number of phosphoric acid groups is 1. The predicted octanol–water partition coefficient (Wildman–Crippen LogP) is 10.7. The maximum atomic E-state index is 12.6. The number of unbranched alkanes of at least 4 members (excludes halogenated alkanes) is 20. The average molecular weight is 875 g/mol. The maximum Gasteiger partial charge on any atom is 0.469 e. The van der Waals surface area contributed by atoms with E-state index < -0.39 is 57.1 Å². The van der Waals surface area contributed by atoms with Crippen LogP contribution in [-0.4, -0.2) is 81.0 Å². The van der Waals surface area contributed by atoms with Gasteiger partial charge in [0.1, 0.15) is 6.61 Å². The number of aliphatic hydroxyl groups is 3. The summed E-state index contributed by atoms with van der Waals surface area (Å²) in [7, 11) is -4.83. The van der Waals surface area contributed by atoms with Crippen LogP contribution >= 0.6 is 7.82 Å². The molecule has 0 radical (unpaired) electrons. The Morgan fingerprint density at radius 3 is 1.80 bits per heavy atom. The molecule has 5 N–H and O–H groups in total. The van der Waals surface area contributed by atoms with Crippen LogP contribution in [0.25, 0.3) is 0 Å². The molecule has 1 fully saturated rings. The highest BCUT2D eigenvalue weighted by Crippen LogP contribution is 2.36. The number of hydrogen-bond acceptors (Lipinski definition) is 10. The Morgan fingerprint density at radius 2 is 1.25 bits per heavy atom. The second-order valence-electron chi connectivity index (χ2n) is 17.4. The van der Waals surface area contributed by atoms with Crippen molar-refractivity contribution in [2.75, 3.05) is 13.2 Å². The van der Waals surface area contributed by atoms with Gasteiger partial charge in [-0.15, -0.1) is 0 Å². The fourth-order valence-corrected chi connectivity index (χ4v) is 7.90. The van der Waals surface area contributed by atoms with Gasteiger partial charge in [-0.25, -0.2) is 4.57 Å². The first-order valence-corrected chi connectivity index (χ1v) is 25.4. The minimum atomic E-state index is -4.83. The zero-order valence-corrected chi connectivity index (χ0v) is 38.7. The van der Waals surface area contributed by atoms with Gasteiger partial charge in [0, 0.05) is 25.2 Å². The Labute approximate surface area is 363 Å². The lowest BCUT2D eigenvalue weighted by atomic mass is 9.87. The molecule has 0 spiro atoms. The van der Waals surface area contributed by atoms with E-state index in [-0.39, 0.29) is 31.8 Å². The molecule has 1 heterocycles. The normalized spacial score (nSPS) is 19.7. The standard InChI is InChI=1S/C47H87O12P/c1-4-5-24-30-40(48)34-35-44-42(43(49)36-47(52)59-44)31-26-22-23-28-33-46(51)58-41(38-57-60(53,54)55)37-56-45(50)32-27-21-19-17-15-13-11-9-7-6-8-10-12-14-16-18-20-25-29-39(2)3/h22,26,34-35,39-44,47-49,52H,4-21,23-25,27-33,36-38H2,1-3H3,(H2,53,54,55)/b26-22-,35-34+/t40-,41+,42-,43-,44+,47?/m0/s1. The highest BCUT2D eigenvalue weighted by molar-refractivity contribution is 7.46. The number of hydrogen-bond donors (Lipinski definition) is 5. The molecule has 352 valence electrons. The molecule has 1 unspecified atom stereocenters. The molecular weight excluding hydrogens is 787 g/mol. The van der Waals surface area contributed by atoms with Crippen molar-refractivity contribution in [3.05, 3.63) is 24.3 Å². The molecule has 0 aliphatic carbocycles. The minimum Gasteiger partial charge on any atom is -0.462 e. The van der Waals surface area contributed by atoms with Crippen molar-refractivity contribution in [2.45, 2.75) is 238 Å². The number of phosphoric ester groups is 1. The average Bonchev–Trinajstić information content (AvgIpc) is 3.18. The van der Waals surface area contributed by atoms with Gasteiger partial charge in [-0.3, -0.25) is 14.1 Å². The van der Waals surface area contributed by atoms with E-state index >= 15 is 0 Å². The number of carbonyl (C=O) groups excluding carboxylic acids is 2. The van der Waals surface area contributed by atoms with Crippen LogP contribution in [-0.2, 0) is 32.9 Å². The van der Waals surface area contributed by atoms with Crippen molar-refractivity contribution in [3.8, 4) is 0 Å². The van der Waals surface area contributed by atoms with E-state index in [1.54, 1.807) is 12.2 Å². The molecule has 0 amide bonds. The smallest absolute Gasteiger partial charge is 0.462 e. The van der Waals surface area contributed by atoms with Gasteiger partial charge in [-0.1, -0.05) is 180 Å². The van der Waals surface area contributed by atoms with Crippen LogP contribution in [0.2, 0.25) is 0 Å². The summed E-state index contributed by atoms with van der Waals surface area (Å²) in [6.07, 6.45) is 32.4. The lowest BCUT2D eigenvalue weighted by Gasteiger charge is -2.36. The van der Waals surface area contributed by atoms with Gasteiger partial charge in [-0.2, -0.15) is 0 Å². The lowest BCUT2D eigenvalue weighted by molar-refractivity contribution is -0.199. The van der Waals surface area contributed by atoms with Gasteiger partial charge in [0.05, 0.1) is 24.9 Å². The maximum absolute atomic E-state index is 12.6. The number of ether oxygens (including phenoxy) is 3.